The van der Waals surface area contributed by atoms with E-state index in [2.05, 4.69) is 11.5 Å². The monoisotopic (exact) mass is 499 g/mol. The van der Waals surface area contributed by atoms with Gasteiger partial charge < -0.3 is 18.9 Å². The molecule has 0 radical (unpaired) electrons. The molecule has 4 aromatic rings. The highest BCUT2D eigenvalue weighted by Crippen LogP contribution is 2.41. The summed E-state index contributed by atoms with van der Waals surface area (Å²) >= 11 is 0. The molecular weight excluding hydrogens is 469 g/mol. The lowest BCUT2D eigenvalue weighted by Gasteiger charge is -2.41. The number of imidazole rings is 1. The van der Waals surface area contributed by atoms with Gasteiger partial charge in [0.05, 0.1) is 35.3 Å². The van der Waals surface area contributed by atoms with E-state index in [0.717, 1.165) is 39.8 Å². The number of amides is 1. The minimum Gasteiger partial charge on any atom is -0.486 e. The summed E-state index contributed by atoms with van der Waals surface area (Å²) in [7, 11) is 0. The zero-order chi connectivity index (χ0) is 25.7. The Morgan fingerprint density at radius 1 is 1.11 bits per heavy atom. The van der Waals surface area contributed by atoms with Crippen molar-refractivity contribution in [3.8, 4) is 17.1 Å². The molecule has 1 amide bonds. The molecule has 2 aliphatic heterocycles. The van der Waals surface area contributed by atoms with Gasteiger partial charge in [-0.2, -0.15) is 0 Å². The van der Waals surface area contributed by atoms with Gasteiger partial charge in [-0.25, -0.2) is 9.37 Å². The van der Waals surface area contributed by atoms with Crippen molar-refractivity contribution in [2.24, 2.45) is 0 Å². The van der Waals surface area contributed by atoms with Crippen molar-refractivity contribution in [2.75, 3.05) is 24.7 Å². The first kappa shape index (κ1) is 23.7. The number of aromatic nitrogens is 2. The minimum absolute atomic E-state index is 0.124. The van der Waals surface area contributed by atoms with Gasteiger partial charge in [-0.3, -0.25) is 4.79 Å². The van der Waals surface area contributed by atoms with E-state index in [0.29, 0.717) is 37.6 Å². The minimum atomic E-state index is -0.422. The fourth-order valence-electron chi connectivity index (χ4n) is 5.33. The lowest BCUT2D eigenvalue weighted by Crippen LogP contribution is -2.49. The molecule has 0 N–H and O–H groups in total. The maximum absolute atomic E-state index is 16.2. The van der Waals surface area contributed by atoms with Crippen LogP contribution in [0.3, 0.4) is 0 Å². The first-order valence-corrected chi connectivity index (χ1v) is 12.7. The van der Waals surface area contributed by atoms with Crippen LogP contribution in [-0.2, 0) is 21.7 Å². The molecule has 6 nitrogen and oxygen atoms in total. The van der Waals surface area contributed by atoms with Gasteiger partial charge in [0.2, 0.25) is 5.91 Å². The third-order valence-corrected chi connectivity index (χ3v) is 7.58. The van der Waals surface area contributed by atoms with Gasteiger partial charge >= 0.3 is 0 Å². The maximum Gasteiger partial charge on any atom is 0.227 e. The molecule has 0 aliphatic carbocycles. The highest BCUT2D eigenvalue weighted by molar-refractivity contribution is 5.97. The van der Waals surface area contributed by atoms with E-state index >= 15 is 4.39 Å². The number of fused-ring (bicyclic) bond motifs is 1. The molecule has 2 aliphatic rings. The molecule has 190 valence electrons. The summed E-state index contributed by atoms with van der Waals surface area (Å²) in [6, 6.07) is 17.5. The normalized spacial score (nSPS) is 16.9. The molecule has 3 aromatic carbocycles. The molecule has 3 heterocycles. The van der Waals surface area contributed by atoms with Crippen LogP contribution in [0.1, 0.15) is 36.5 Å². The summed E-state index contributed by atoms with van der Waals surface area (Å²) in [5, 5.41) is 0. The third-order valence-electron chi connectivity index (χ3n) is 7.58. The van der Waals surface area contributed by atoms with E-state index in [1.807, 2.05) is 68.4 Å². The Hall–Kier alpha value is -3.71. The van der Waals surface area contributed by atoms with Crippen LogP contribution in [0.15, 0.2) is 54.6 Å². The van der Waals surface area contributed by atoms with E-state index < -0.39 is 5.82 Å². The molecular formula is C30H30FN3O3. The Balaban J connectivity index is 1.49. The zero-order valence-electron chi connectivity index (χ0n) is 21.4. The van der Waals surface area contributed by atoms with Crippen molar-refractivity contribution in [1.82, 2.24) is 9.55 Å². The van der Waals surface area contributed by atoms with Crippen LogP contribution in [0, 0.1) is 19.7 Å². The number of nitrogens with zero attached hydrogens (tertiary/aromatic N) is 3. The third kappa shape index (κ3) is 3.98. The van der Waals surface area contributed by atoms with Crippen LogP contribution in [0.5, 0.6) is 5.75 Å². The van der Waals surface area contributed by atoms with E-state index in [1.165, 1.54) is 0 Å². The van der Waals surface area contributed by atoms with Crippen molar-refractivity contribution < 1.29 is 18.7 Å². The van der Waals surface area contributed by atoms with Crippen molar-refractivity contribution in [1.29, 1.82) is 0 Å². The fraction of sp³-hybridized carbons (Fsp3) is 0.333. The molecule has 6 rings (SSSR count). The smallest absolute Gasteiger partial charge is 0.227 e. The van der Waals surface area contributed by atoms with Crippen LogP contribution in [0.25, 0.3) is 22.4 Å². The number of ether oxygens (including phenoxy) is 2. The topological polar surface area (TPSA) is 56.6 Å². The molecule has 1 aromatic heterocycles. The predicted molar refractivity (Wildman–Crippen MR) is 141 cm³/mol. The van der Waals surface area contributed by atoms with Crippen LogP contribution in [0.4, 0.5) is 10.1 Å². The molecule has 0 atom stereocenters. The predicted octanol–water partition coefficient (Wildman–Crippen LogP) is 5.91. The Bertz CT molecular complexity index is 1510. The number of anilines is 1. The highest BCUT2D eigenvalue weighted by atomic mass is 19.1. The lowest BCUT2D eigenvalue weighted by molar-refractivity contribution is -0.117. The molecule has 0 spiro atoms. The van der Waals surface area contributed by atoms with Gasteiger partial charge in [-0.05, 0) is 68.1 Å². The molecule has 7 heteroatoms. The highest BCUT2D eigenvalue weighted by Gasteiger charge is 2.39. The number of benzene rings is 3. The summed E-state index contributed by atoms with van der Waals surface area (Å²) in [6.45, 7) is 7.96. The van der Waals surface area contributed by atoms with E-state index in [-0.39, 0.29) is 23.8 Å². The first-order valence-electron chi connectivity index (χ1n) is 12.7. The van der Waals surface area contributed by atoms with E-state index in [4.69, 9.17) is 14.5 Å². The van der Waals surface area contributed by atoms with Crippen molar-refractivity contribution in [3.05, 3.63) is 77.1 Å². The van der Waals surface area contributed by atoms with Crippen LogP contribution in [-0.4, -0.2) is 35.2 Å². The molecule has 37 heavy (non-hydrogen) atoms. The number of hydrogen-bond donors (Lipinski definition) is 0. The second-order valence-corrected chi connectivity index (χ2v) is 10.4. The van der Waals surface area contributed by atoms with Gasteiger partial charge in [0.25, 0.3) is 0 Å². The van der Waals surface area contributed by atoms with Crippen LogP contribution >= 0.6 is 0 Å². The molecule has 2 saturated heterocycles. The lowest BCUT2D eigenvalue weighted by atomic mass is 9.97. The largest absolute Gasteiger partial charge is 0.486 e. The Kier molecular flexibility index (Phi) is 5.75. The van der Waals surface area contributed by atoms with Gasteiger partial charge in [0.1, 0.15) is 12.4 Å². The quantitative estimate of drug-likeness (QED) is 0.331. The van der Waals surface area contributed by atoms with Gasteiger partial charge in [-0.15, -0.1) is 0 Å². The fourth-order valence-corrected chi connectivity index (χ4v) is 5.33. The average molecular weight is 500 g/mol. The Morgan fingerprint density at radius 3 is 2.57 bits per heavy atom. The maximum atomic E-state index is 16.2. The summed E-state index contributed by atoms with van der Waals surface area (Å²) in [5.41, 5.74) is 5.16. The Morgan fingerprint density at radius 2 is 1.89 bits per heavy atom. The summed E-state index contributed by atoms with van der Waals surface area (Å²) < 4.78 is 30.0. The van der Waals surface area contributed by atoms with Gasteiger partial charge in [0, 0.05) is 18.7 Å². The second kappa shape index (κ2) is 8.99. The summed E-state index contributed by atoms with van der Waals surface area (Å²) in [5.74, 6) is 0.486. The summed E-state index contributed by atoms with van der Waals surface area (Å²) in [6.07, 6.45) is 1.42. The molecule has 2 fully saturated rings. The number of aryl methyl sites for hydroxylation is 1. The first-order chi connectivity index (χ1) is 17.9. The van der Waals surface area contributed by atoms with Crippen LogP contribution in [0.2, 0.25) is 0 Å². The zero-order valence-corrected chi connectivity index (χ0v) is 21.4. The molecule has 0 unspecified atom stereocenters. The van der Waals surface area contributed by atoms with Crippen molar-refractivity contribution in [3.63, 3.8) is 0 Å². The number of carbonyl (C=O) groups is 1. The van der Waals surface area contributed by atoms with Crippen LogP contribution < -0.4 is 9.64 Å². The van der Waals surface area contributed by atoms with E-state index in [1.54, 1.807) is 4.90 Å². The average Bonchev–Trinajstić information content (AvgIpc) is 3.48. The Labute approximate surface area is 215 Å². The molecule has 0 saturated carbocycles. The molecule has 0 bridgehead atoms. The van der Waals surface area contributed by atoms with Gasteiger partial charge in [-0.1, -0.05) is 30.3 Å². The number of hydrogen-bond acceptors (Lipinski definition) is 4. The number of rotatable bonds is 6. The van der Waals surface area contributed by atoms with Gasteiger partial charge in [0.15, 0.2) is 11.6 Å². The van der Waals surface area contributed by atoms with E-state index in [9.17, 15) is 4.79 Å². The van der Waals surface area contributed by atoms with Crippen molar-refractivity contribution >= 4 is 22.6 Å². The summed E-state index contributed by atoms with van der Waals surface area (Å²) in [4.78, 5) is 19.1. The number of carbonyl (C=O) groups excluding carboxylic acids is 1. The number of halogens is 1. The standard InChI is InChI=1S/C30H30FN3O3/c1-19-14-23(27(31)28(20(19)2)37-16-21-8-5-4-6-9-21)29-32-24-15-22(33-13-7-10-26(33)35)11-12-25(24)34(29)30(3)17-36-18-30/h4-6,8-9,11-12,14-15H,7,10,13,16-18H2,1-3H3. The SMILES string of the molecule is Cc1cc(-c2nc3cc(N4CCCC4=O)ccc3n2C2(C)COC2)c(F)c(OCc2ccccc2)c1C. The second-order valence-electron chi connectivity index (χ2n) is 10.4. The van der Waals surface area contributed by atoms with Crippen molar-refractivity contribution in [2.45, 2.75) is 45.8 Å².